The van der Waals surface area contributed by atoms with Crippen LogP contribution in [0.4, 0.5) is 11.5 Å². The summed E-state index contributed by atoms with van der Waals surface area (Å²) in [4.78, 5) is 23.4. The Morgan fingerprint density at radius 2 is 1.85 bits per heavy atom. The number of morpholine rings is 1. The standard InChI is InChI=1S/C19H17BrN4O2/c20-14-3-1-13(2-4-14)19(25)23-15-5-6-16-17(11-15)21-12-22-18(16)24-7-9-26-10-8-24/h1-6,11-12H,7-10H2,(H,23,25). The number of hydrogen-bond acceptors (Lipinski definition) is 5. The third-order valence-electron chi connectivity index (χ3n) is 4.29. The van der Waals surface area contributed by atoms with Gasteiger partial charge in [0.1, 0.15) is 12.1 Å². The number of benzene rings is 2. The van der Waals surface area contributed by atoms with E-state index in [1.165, 1.54) is 0 Å². The summed E-state index contributed by atoms with van der Waals surface area (Å²) in [5, 5.41) is 3.89. The first kappa shape index (κ1) is 16.9. The lowest BCUT2D eigenvalue weighted by atomic mass is 10.1. The summed E-state index contributed by atoms with van der Waals surface area (Å²) >= 11 is 3.37. The number of nitrogens with one attached hydrogen (secondary N) is 1. The molecule has 1 fully saturated rings. The number of aromatic nitrogens is 2. The van der Waals surface area contributed by atoms with Crippen LogP contribution in [-0.4, -0.2) is 42.2 Å². The summed E-state index contributed by atoms with van der Waals surface area (Å²) in [7, 11) is 0. The molecule has 132 valence electrons. The average molecular weight is 413 g/mol. The van der Waals surface area contributed by atoms with Crippen molar-refractivity contribution in [2.24, 2.45) is 0 Å². The van der Waals surface area contributed by atoms with E-state index >= 15 is 0 Å². The van der Waals surface area contributed by atoms with Crippen LogP contribution in [-0.2, 0) is 4.74 Å². The summed E-state index contributed by atoms with van der Waals surface area (Å²) in [5.41, 5.74) is 2.11. The van der Waals surface area contributed by atoms with Gasteiger partial charge in [-0.15, -0.1) is 0 Å². The molecular weight excluding hydrogens is 396 g/mol. The fourth-order valence-corrected chi connectivity index (χ4v) is 3.22. The van der Waals surface area contributed by atoms with Gasteiger partial charge in [-0.2, -0.15) is 0 Å². The first-order valence-corrected chi connectivity index (χ1v) is 9.14. The molecule has 4 rings (SSSR count). The van der Waals surface area contributed by atoms with Crippen LogP contribution >= 0.6 is 15.9 Å². The summed E-state index contributed by atoms with van der Waals surface area (Å²) in [5.74, 6) is 0.753. The second-order valence-corrected chi connectivity index (χ2v) is 6.91. The van der Waals surface area contributed by atoms with Crippen molar-refractivity contribution in [3.05, 3.63) is 58.8 Å². The second kappa shape index (κ2) is 7.39. The zero-order valence-corrected chi connectivity index (χ0v) is 15.6. The molecule has 0 spiro atoms. The highest BCUT2D eigenvalue weighted by molar-refractivity contribution is 9.10. The van der Waals surface area contributed by atoms with Crippen LogP contribution in [0.1, 0.15) is 10.4 Å². The third-order valence-corrected chi connectivity index (χ3v) is 4.82. The first-order chi connectivity index (χ1) is 12.7. The largest absolute Gasteiger partial charge is 0.378 e. The van der Waals surface area contributed by atoms with Gasteiger partial charge in [0.15, 0.2) is 0 Å². The zero-order valence-electron chi connectivity index (χ0n) is 14.0. The number of fused-ring (bicyclic) bond motifs is 1. The Morgan fingerprint density at radius 3 is 2.62 bits per heavy atom. The highest BCUT2D eigenvalue weighted by Gasteiger charge is 2.16. The predicted molar refractivity (Wildman–Crippen MR) is 105 cm³/mol. The molecule has 0 unspecified atom stereocenters. The quantitative estimate of drug-likeness (QED) is 0.712. The van der Waals surface area contributed by atoms with E-state index in [4.69, 9.17) is 4.74 Å². The van der Waals surface area contributed by atoms with Gasteiger partial charge in [0, 0.05) is 34.2 Å². The van der Waals surface area contributed by atoms with Crippen molar-refractivity contribution in [1.82, 2.24) is 9.97 Å². The van der Waals surface area contributed by atoms with E-state index in [0.29, 0.717) is 24.5 Å². The van der Waals surface area contributed by atoms with E-state index in [9.17, 15) is 4.79 Å². The zero-order chi connectivity index (χ0) is 17.9. The lowest BCUT2D eigenvalue weighted by Crippen LogP contribution is -2.36. The van der Waals surface area contributed by atoms with Crippen LogP contribution in [0.15, 0.2) is 53.3 Å². The molecule has 1 N–H and O–H groups in total. The molecule has 0 saturated carbocycles. The minimum Gasteiger partial charge on any atom is -0.378 e. The Kier molecular flexibility index (Phi) is 4.81. The third kappa shape index (κ3) is 3.54. The Balaban J connectivity index is 1.59. The molecule has 1 aliphatic rings. The van der Waals surface area contributed by atoms with Gasteiger partial charge in [-0.25, -0.2) is 9.97 Å². The SMILES string of the molecule is O=C(Nc1ccc2c(N3CCOCC3)ncnc2c1)c1ccc(Br)cc1. The van der Waals surface area contributed by atoms with Crippen molar-refractivity contribution in [3.63, 3.8) is 0 Å². The molecule has 1 aliphatic heterocycles. The Hall–Kier alpha value is -2.51. The molecule has 1 aromatic heterocycles. The normalized spacial score (nSPS) is 14.4. The number of hydrogen-bond donors (Lipinski definition) is 1. The van der Waals surface area contributed by atoms with Crippen molar-refractivity contribution < 1.29 is 9.53 Å². The molecule has 26 heavy (non-hydrogen) atoms. The van der Waals surface area contributed by atoms with E-state index < -0.39 is 0 Å². The molecule has 2 heterocycles. The predicted octanol–water partition coefficient (Wildman–Crippen LogP) is 3.48. The molecule has 0 radical (unpaired) electrons. The number of rotatable bonds is 3. The monoisotopic (exact) mass is 412 g/mol. The number of carbonyl (C=O) groups excluding carboxylic acids is 1. The highest BCUT2D eigenvalue weighted by Crippen LogP contribution is 2.26. The molecule has 0 atom stereocenters. The van der Waals surface area contributed by atoms with Crippen LogP contribution < -0.4 is 10.2 Å². The van der Waals surface area contributed by atoms with Crippen molar-refractivity contribution in [2.45, 2.75) is 0 Å². The molecule has 0 bridgehead atoms. The van der Waals surface area contributed by atoms with Crippen LogP contribution in [0.25, 0.3) is 10.9 Å². The number of ether oxygens (including phenoxy) is 1. The van der Waals surface area contributed by atoms with Gasteiger partial charge in [-0.1, -0.05) is 15.9 Å². The van der Waals surface area contributed by atoms with Gasteiger partial charge in [0.05, 0.1) is 18.7 Å². The molecule has 6 nitrogen and oxygen atoms in total. The average Bonchev–Trinajstić information content (AvgIpc) is 2.68. The van der Waals surface area contributed by atoms with Crippen LogP contribution in [0.2, 0.25) is 0 Å². The number of amides is 1. The lowest BCUT2D eigenvalue weighted by Gasteiger charge is -2.28. The molecular formula is C19H17BrN4O2. The number of carbonyl (C=O) groups is 1. The van der Waals surface area contributed by atoms with Gasteiger partial charge in [-0.05, 0) is 42.5 Å². The summed E-state index contributed by atoms with van der Waals surface area (Å²) in [6.45, 7) is 3.03. The summed E-state index contributed by atoms with van der Waals surface area (Å²) in [6, 6.07) is 13.0. The van der Waals surface area contributed by atoms with Gasteiger partial charge < -0.3 is 15.0 Å². The van der Waals surface area contributed by atoms with E-state index in [-0.39, 0.29) is 5.91 Å². The maximum Gasteiger partial charge on any atom is 0.255 e. The van der Waals surface area contributed by atoms with Gasteiger partial charge >= 0.3 is 0 Å². The fourth-order valence-electron chi connectivity index (χ4n) is 2.95. The first-order valence-electron chi connectivity index (χ1n) is 8.35. The Morgan fingerprint density at radius 1 is 1.08 bits per heavy atom. The minimum absolute atomic E-state index is 0.153. The van der Waals surface area contributed by atoms with Gasteiger partial charge in [-0.3, -0.25) is 4.79 Å². The molecule has 1 amide bonds. The molecule has 1 saturated heterocycles. The fraction of sp³-hybridized carbons (Fsp3) is 0.211. The maximum atomic E-state index is 12.4. The lowest BCUT2D eigenvalue weighted by molar-refractivity contribution is 0.102. The van der Waals surface area contributed by atoms with E-state index in [2.05, 4.69) is 36.1 Å². The Labute approximate surface area is 159 Å². The van der Waals surface area contributed by atoms with Crippen molar-refractivity contribution in [3.8, 4) is 0 Å². The van der Waals surface area contributed by atoms with Crippen LogP contribution in [0.3, 0.4) is 0 Å². The highest BCUT2D eigenvalue weighted by atomic mass is 79.9. The second-order valence-electron chi connectivity index (χ2n) is 5.99. The topological polar surface area (TPSA) is 67.4 Å². The number of anilines is 2. The van der Waals surface area contributed by atoms with Gasteiger partial charge in [0.2, 0.25) is 0 Å². The minimum atomic E-state index is -0.153. The molecule has 2 aromatic carbocycles. The van der Waals surface area contributed by atoms with E-state index in [1.807, 2.05) is 30.3 Å². The smallest absolute Gasteiger partial charge is 0.255 e. The number of halogens is 1. The Bertz CT molecular complexity index is 940. The number of nitrogens with zero attached hydrogens (tertiary/aromatic N) is 3. The van der Waals surface area contributed by atoms with E-state index in [1.54, 1.807) is 18.5 Å². The van der Waals surface area contributed by atoms with Crippen molar-refractivity contribution in [1.29, 1.82) is 0 Å². The molecule has 0 aliphatic carbocycles. The summed E-state index contributed by atoms with van der Waals surface area (Å²) in [6.07, 6.45) is 1.56. The molecule has 3 aromatic rings. The van der Waals surface area contributed by atoms with Crippen molar-refractivity contribution >= 4 is 44.2 Å². The van der Waals surface area contributed by atoms with Gasteiger partial charge in [0.25, 0.3) is 5.91 Å². The van der Waals surface area contributed by atoms with E-state index in [0.717, 1.165) is 34.3 Å². The van der Waals surface area contributed by atoms with Crippen LogP contribution in [0.5, 0.6) is 0 Å². The van der Waals surface area contributed by atoms with Crippen molar-refractivity contribution in [2.75, 3.05) is 36.5 Å². The van der Waals surface area contributed by atoms with Crippen LogP contribution in [0, 0.1) is 0 Å². The maximum absolute atomic E-state index is 12.4. The summed E-state index contributed by atoms with van der Waals surface area (Å²) < 4.78 is 6.35. The molecule has 7 heteroatoms.